The Hall–Kier alpha value is -1.32. The third-order valence-electron chi connectivity index (χ3n) is 1.59. The number of aryl methyl sites for hydroxylation is 1. The molecule has 11 heavy (non-hydrogen) atoms. The van der Waals surface area contributed by atoms with Crippen LogP contribution in [0.4, 0.5) is 0 Å². The lowest BCUT2D eigenvalue weighted by molar-refractivity contribution is 0.401. The van der Waals surface area contributed by atoms with Crippen LogP contribution in [0.3, 0.4) is 0 Å². The summed E-state index contributed by atoms with van der Waals surface area (Å²) in [4.78, 5) is 15.2. The van der Waals surface area contributed by atoms with Gasteiger partial charge in [0.1, 0.15) is 5.82 Å². The SMILES string of the molecule is COc1cnc(C)n(C)c1=O. The lowest BCUT2D eigenvalue weighted by Gasteiger charge is -2.03. The second-order valence-corrected chi connectivity index (χ2v) is 2.24. The van der Waals surface area contributed by atoms with E-state index in [-0.39, 0.29) is 11.3 Å². The maximum Gasteiger partial charge on any atom is 0.295 e. The van der Waals surface area contributed by atoms with E-state index in [1.165, 1.54) is 17.9 Å². The number of nitrogens with zero attached hydrogens (tertiary/aromatic N) is 2. The summed E-state index contributed by atoms with van der Waals surface area (Å²) < 4.78 is 6.23. The Morgan fingerprint density at radius 1 is 1.64 bits per heavy atom. The van der Waals surface area contributed by atoms with Crippen molar-refractivity contribution in [3.63, 3.8) is 0 Å². The molecular formula is C7H10N2O2. The third kappa shape index (κ3) is 1.24. The highest BCUT2D eigenvalue weighted by atomic mass is 16.5. The van der Waals surface area contributed by atoms with Gasteiger partial charge in [-0.15, -0.1) is 0 Å². The maximum absolute atomic E-state index is 11.2. The lowest BCUT2D eigenvalue weighted by Crippen LogP contribution is -2.21. The van der Waals surface area contributed by atoms with Crippen molar-refractivity contribution >= 4 is 0 Å². The molecule has 60 valence electrons. The zero-order valence-electron chi connectivity index (χ0n) is 6.79. The van der Waals surface area contributed by atoms with Crippen molar-refractivity contribution in [2.45, 2.75) is 6.92 Å². The minimum atomic E-state index is -0.153. The quantitative estimate of drug-likeness (QED) is 0.576. The van der Waals surface area contributed by atoms with Crippen LogP contribution in [0.25, 0.3) is 0 Å². The Morgan fingerprint density at radius 2 is 2.27 bits per heavy atom. The Balaban J connectivity index is 3.37. The predicted octanol–water partition coefficient (Wildman–Crippen LogP) is 0.0973. The van der Waals surface area contributed by atoms with Gasteiger partial charge in [0.15, 0.2) is 0 Å². The lowest BCUT2D eigenvalue weighted by atomic mass is 10.5. The standard InChI is InChI=1S/C7H10N2O2/c1-5-8-4-6(11-3)7(10)9(5)2/h4H,1-3H3. The minimum absolute atomic E-state index is 0.153. The highest BCUT2D eigenvalue weighted by molar-refractivity contribution is 5.13. The van der Waals surface area contributed by atoms with Crippen LogP contribution >= 0.6 is 0 Å². The van der Waals surface area contributed by atoms with Gasteiger partial charge in [0.05, 0.1) is 13.3 Å². The highest BCUT2D eigenvalue weighted by Crippen LogP contribution is 1.98. The van der Waals surface area contributed by atoms with Gasteiger partial charge in [-0.25, -0.2) is 4.98 Å². The molecule has 0 amide bonds. The van der Waals surface area contributed by atoms with Gasteiger partial charge in [0, 0.05) is 7.05 Å². The van der Waals surface area contributed by atoms with E-state index in [2.05, 4.69) is 4.98 Å². The first-order valence-electron chi connectivity index (χ1n) is 3.23. The fraction of sp³-hybridized carbons (Fsp3) is 0.429. The Kier molecular flexibility index (Phi) is 1.94. The van der Waals surface area contributed by atoms with Crippen LogP contribution in [0.1, 0.15) is 5.82 Å². The number of hydrogen-bond donors (Lipinski definition) is 0. The molecule has 0 aromatic carbocycles. The molecule has 0 spiro atoms. The zero-order valence-corrected chi connectivity index (χ0v) is 6.79. The van der Waals surface area contributed by atoms with Gasteiger partial charge < -0.3 is 4.74 Å². The normalized spacial score (nSPS) is 9.73. The van der Waals surface area contributed by atoms with Gasteiger partial charge in [-0.3, -0.25) is 9.36 Å². The first-order chi connectivity index (χ1) is 5.16. The minimum Gasteiger partial charge on any atom is -0.490 e. The molecule has 0 aliphatic carbocycles. The van der Waals surface area contributed by atoms with Gasteiger partial charge in [0.2, 0.25) is 5.75 Å². The van der Waals surface area contributed by atoms with E-state index in [9.17, 15) is 4.79 Å². The zero-order chi connectivity index (χ0) is 8.43. The van der Waals surface area contributed by atoms with E-state index in [4.69, 9.17) is 4.74 Å². The molecule has 0 bridgehead atoms. The predicted molar refractivity (Wildman–Crippen MR) is 40.8 cm³/mol. The van der Waals surface area contributed by atoms with E-state index in [0.29, 0.717) is 5.82 Å². The topological polar surface area (TPSA) is 44.1 Å². The average molecular weight is 154 g/mol. The second kappa shape index (κ2) is 2.74. The van der Waals surface area contributed by atoms with Gasteiger partial charge in [0.25, 0.3) is 5.56 Å². The molecule has 0 unspecified atom stereocenters. The fourth-order valence-electron chi connectivity index (χ4n) is 0.746. The van der Waals surface area contributed by atoms with Crippen LogP contribution in [0.5, 0.6) is 5.75 Å². The van der Waals surface area contributed by atoms with Crippen LogP contribution in [0, 0.1) is 6.92 Å². The van der Waals surface area contributed by atoms with Crippen molar-refractivity contribution in [3.8, 4) is 5.75 Å². The van der Waals surface area contributed by atoms with Gasteiger partial charge in [-0.1, -0.05) is 0 Å². The summed E-state index contributed by atoms with van der Waals surface area (Å²) in [6, 6.07) is 0. The summed E-state index contributed by atoms with van der Waals surface area (Å²) >= 11 is 0. The molecule has 0 atom stereocenters. The average Bonchev–Trinajstić information content (AvgIpc) is 2.01. The smallest absolute Gasteiger partial charge is 0.295 e. The number of hydrogen-bond acceptors (Lipinski definition) is 3. The van der Waals surface area contributed by atoms with Crippen molar-refractivity contribution in [2.75, 3.05) is 7.11 Å². The second-order valence-electron chi connectivity index (χ2n) is 2.24. The maximum atomic E-state index is 11.2. The molecule has 1 aromatic heterocycles. The molecule has 0 aliphatic rings. The molecule has 0 N–H and O–H groups in total. The van der Waals surface area contributed by atoms with Crippen molar-refractivity contribution in [3.05, 3.63) is 22.4 Å². The summed E-state index contributed by atoms with van der Waals surface area (Å²) in [5, 5.41) is 0. The highest BCUT2D eigenvalue weighted by Gasteiger charge is 2.02. The van der Waals surface area contributed by atoms with Gasteiger partial charge in [-0.2, -0.15) is 0 Å². The summed E-state index contributed by atoms with van der Waals surface area (Å²) in [5.41, 5.74) is -0.153. The molecule has 1 rings (SSSR count). The molecule has 1 heterocycles. The number of methoxy groups -OCH3 is 1. The summed E-state index contributed by atoms with van der Waals surface area (Å²) in [7, 11) is 3.11. The van der Waals surface area contributed by atoms with Crippen LogP contribution in [-0.2, 0) is 7.05 Å². The number of ether oxygens (including phenoxy) is 1. The van der Waals surface area contributed by atoms with Crippen LogP contribution < -0.4 is 10.3 Å². The van der Waals surface area contributed by atoms with E-state index >= 15 is 0 Å². The van der Waals surface area contributed by atoms with Crippen molar-refractivity contribution < 1.29 is 4.74 Å². The van der Waals surface area contributed by atoms with Crippen LogP contribution in [0.2, 0.25) is 0 Å². The first kappa shape index (κ1) is 7.78. The van der Waals surface area contributed by atoms with Crippen molar-refractivity contribution in [2.24, 2.45) is 7.05 Å². The van der Waals surface area contributed by atoms with Crippen molar-refractivity contribution in [1.82, 2.24) is 9.55 Å². The molecule has 0 fully saturated rings. The van der Waals surface area contributed by atoms with Crippen LogP contribution in [-0.4, -0.2) is 16.7 Å². The van der Waals surface area contributed by atoms with E-state index in [1.807, 2.05) is 0 Å². The molecule has 0 aliphatic heterocycles. The summed E-state index contributed by atoms with van der Waals surface area (Å²) in [5.74, 6) is 0.953. The van der Waals surface area contributed by atoms with Gasteiger partial charge >= 0.3 is 0 Å². The van der Waals surface area contributed by atoms with Gasteiger partial charge in [-0.05, 0) is 6.92 Å². The van der Waals surface area contributed by atoms with Crippen LogP contribution in [0.15, 0.2) is 11.0 Å². The Labute approximate surface area is 64.5 Å². The Bertz CT molecular complexity index is 317. The summed E-state index contributed by atoms with van der Waals surface area (Å²) in [6.45, 7) is 1.76. The third-order valence-corrected chi connectivity index (χ3v) is 1.59. The number of aromatic nitrogens is 2. The molecule has 4 nitrogen and oxygen atoms in total. The monoisotopic (exact) mass is 154 g/mol. The molecule has 0 radical (unpaired) electrons. The summed E-state index contributed by atoms with van der Waals surface area (Å²) in [6.07, 6.45) is 1.43. The molecule has 0 saturated carbocycles. The molecule has 0 saturated heterocycles. The number of rotatable bonds is 1. The first-order valence-corrected chi connectivity index (χ1v) is 3.23. The fourth-order valence-corrected chi connectivity index (χ4v) is 0.746. The molecule has 1 aromatic rings. The molecular weight excluding hydrogens is 144 g/mol. The van der Waals surface area contributed by atoms with E-state index in [1.54, 1.807) is 14.0 Å². The van der Waals surface area contributed by atoms with E-state index in [0.717, 1.165) is 0 Å². The Morgan fingerprint density at radius 3 is 2.82 bits per heavy atom. The largest absolute Gasteiger partial charge is 0.490 e. The van der Waals surface area contributed by atoms with Crippen molar-refractivity contribution in [1.29, 1.82) is 0 Å². The van der Waals surface area contributed by atoms with E-state index < -0.39 is 0 Å². The molecule has 4 heteroatoms.